The molecule has 1 aliphatic heterocycles. The molecule has 2 rings (SSSR count). The van der Waals surface area contributed by atoms with Crippen LogP contribution in [0.3, 0.4) is 0 Å². The molecule has 8 heteroatoms. The summed E-state index contributed by atoms with van der Waals surface area (Å²) >= 11 is 0. The fraction of sp³-hybridized carbons (Fsp3) is 0.500. The predicted octanol–water partition coefficient (Wildman–Crippen LogP) is 1.07. The molecule has 0 unspecified atom stereocenters. The van der Waals surface area contributed by atoms with Crippen LogP contribution in [0.25, 0.3) is 0 Å². The lowest BCUT2D eigenvalue weighted by molar-refractivity contribution is -0.120. The number of carbonyl (C=O) groups is 1. The third-order valence-electron chi connectivity index (χ3n) is 3.56. The standard InChI is InChI=1S/C14H19NO6S/c1-19-12-8-11(9-13(20-2)14(12)21-3)22(17,18)15-6-4-10(16)5-7-15/h8-9H,4-7H2,1-3H3. The summed E-state index contributed by atoms with van der Waals surface area (Å²) in [6.07, 6.45) is 0.479. The number of ketones is 1. The number of hydrogen-bond acceptors (Lipinski definition) is 6. The fourth-order valence-electron chi connectivity index (χ4n) is 2.33. The second-order valence-corrected chi connectivity index (χ2v) is 6.74. The number of rotatable bonds is 5. The molecule has 0 saturated carbocycles. The fourth-order valence-corrected chi connectivity index (χ4v) is 3.80. The number of carbonyl (C=O) groups excluding carboxylic acids is 1. The molecule has 22 heavy (non-hydrogen) atoms. The molecular formula is C14H19NO6S. The Morgan fingerprint density at radius 3 is 1.86 bits per heavy atom. The van der Waals surface area contributed by atoms with Gasteiger partial charge in [-0.25, -0.2) is 8.42 Å². The van der Waals surface area contributed by atoms with E-state index in [1.807, 2.05) is 0 Å². The van der Waals surface area contributed by atoms with Gasteiger partial charge in [0.1, 0.15) is 5.78 Å². The van der Waals surface area contributed by atoms with Gasteiger partial charge in [-0.2, -0.15) is 4.31 Å². The zero-order valence-electron chi connectivity index (χ0n) is 12.8. The van der Waals surface area contributed by atoms with Crippen LogP contribution in [0.2, 0.25) is 0 Å². The van der Waals surface area contributed by atoms with E-state index in [4.69, 9.17) is 14.2 Å². The first-order valence-electron chi connectivity index (χ1n) is 6.76. The van der Waals surface area contributed by atoms with E-state index in [1.165, 1.54) is 37.8 Å². The van der Waals surface area contributed by atoms with Crippen molar-refractivity contribution in [2.24, 2.45) is 0 Å². The molecule has 122 valence electrons. The normalized spacial score (nSPS) is 16.4. The van der Waals surface area contributed by atoms with Gasteiger partial charge in [0, 0.05) is 38.1 Å². The van der Waals surface area contributed by atoms with Crippen LogP contribution >= 0.6 is 0 Å². The van der Waals surface area contributed by atoms with Crippen molar-refractivity contribution < 1.29 is 27.4 Å². The molecule has 1 fully saturated rings. The zero-order valence-corrected chi connectivity index (χ0v) is 13.6. The average molecular weight is 329 g/mol. The minimum Gasteiger partial charge on any atom is -0.493 e. The smallest absolute Gasteiger partial charge is 0.243 e. The third-order valence-corrected chi connectivity index (χ3v) is 5.43. The largest absolute Gasteiger partial charge is 0.493 e. The third kappa shape index (κ3) is 3.02. The molecule has 0 bridgehead atoms. The van der Waals surface area contributed by atoms with Crippen molar-refractivity contribution >= 4 is 15.8 Å². The Labute approximate surface area is 129 Å². The molecule has 0 atom stereocenters. The van der Waals surface area contributed by atoms with E-state index in [9.17, 15) is 13.2 Å². The molecule has 0 spiro atoms. The number of ether oxygens (including phenoxy) is 3. The lowest BCUT2D eigenvalue weighted by Gasteiger charge is -2.25. The second-order valence-electron chi connectivity index (χ2n) is 4.80. The lowest BCUT2D eigenvalue weighted by Crippen LogP contribution is -2.38. The number of hydrogen-bond donors (Lipinski definition) is 0. The summed E-state index contributed by atoms with van der Waals surface area (Å²) in [5.41, 5.74) is 0. The van der Waals surface area contributed by atoms with E-state index in [1.54, 1.807) is 0 Å². The number of benzene rings is 1. The Morgan fingerprint density at radius 2 is 1.45 bits per heavy atom. The van der Waals surface area contributed by atoms with Gasteiger partial charge >= 0.3 is 0 Å². The van der Waals surface area contributed by atoms with Gasteiger partial charge in [0.25, 0.3) is 0 Å². The summed E-state index contributed by atoms with van der Waals surface area (Å²) in [6, 6.07) is 2.79. The molecule has 7 nitrogen and oxygen atoms in total. The van der Waals surface area contributed by atoms with E-state index in [-0.39, 0.29) is 48.1 Å². The van der Waals surface area contributed by atoms with Crippen LogP contribution in [0.15, 0.2) is 17.0 Å². The van der Waals surface area contributed by atoms with Crippen LogP contribution in [0.5, 0.6) is 17.2 Å². The van der Waals surface area contributed by atoms with Crippen molar-refractivity contribution in [3.8, 4) is 17.2 Å². The van der Waals surface area contributed by atoms with Crippen LogP contribution in [0.4, 0.5) is 0 Å². The Balaban J connectivity index is 2.44. The molecule has 1 aliphatic rings. The predicted molar refractivity (Wildman–Crippen MR) is 79.1 cm³/mol. The molecule has 1 heterocycles. The Morgan fingerprint density at radius 1 is 0.955 bits per heavy atom. The van der Waals surface area contributed by atoms with Gasteiger partial charge in [0.2, 0.25) is 15.8 Å². The van der Waals surface area contributed by atoms with Gasteiger partial charge in [-0.05, 0) is 0 Å². The average Bonchev–Trinajstić information content (AvgIpc) is 2.53. The SMILES string of the molecule is COc1cc(S(=O)(=O)N2CCC(=O)CC2)cc(OC)c1OC. The van der Waals surface area contributed by atoms with Crippen molar-refractivity contribution in [3.63, 3.8) is 0 Å². The highest BCUT2D eigenvalue weighted by Crippen LogP contribution is 2.40. The monoisotopic (exact) mass is 329 g/mol. The summed E-state index contributed by atoms with van der Waals surface area (Å²) in [7, 11) is 0.587. The van der Waals surface area contributed by atoms with Crippen LogP contribution in [-0.4, -0.2) is 52.9 Å². The first-order chi connectivity index (χ1) is 10.4. The highest BCUT2D eigenvalue weighted by molar-refractivity contribution is 7.89. The Kier molecular flexibility index (Phi) is 4.92. The summed E-state index contributed by atoms with van der Waals surface area (Å²) in [4.78, 5) is 11.3. The van der Waals surface area contributed by atoms with Crippen LogP contribution < -0.4 is 14.2 Å². The number of Topliss-reactive ketones (excluding diaryl/α,β-unsaturated/α-hetero) is 1. The maximum Gasteiger partial charge on any atom is 0.243 e. The summed E-state index contributed by atoms with van der Waals surface area (Å²) in [5.74, 6) is 0.955. The minimum atomic E-state index is -3.71. The quantitative estimate of drug-likeness (QED) is 0.803. The topological polar surface area (TPSA) is 82.1 Å². The first kappa shape index (κ1) is 16.6. The highest BCUT2D eigenvalue weighted by atomic mass is 32.2. The van der Waals surface area contributed by atoms with Gasteiger partial charge in [0.15, 0.2) is 11.5 Å². The van der Waals surface area contributed by atoms with Crippen molar-refractivity contribution in [2.75, 3.05) is 34.4 Å². The Bertz CT molecular complexity index is 635. The lowest BCUT2D eigenvalue weighted by atomic mass is 10.1. The molecule has 0 radical (unpaired) electrons. The van der Waals surface area contributed by atoms with Crippen molar-refractivity contribution in [1.82, 2.24) is 4.31 Å². The van der Waals surface area contributed by atoms with Crippen LogP contribution in [-0.2, 0) is 14.8 Å². The van der Waals surface area contributed by atoms with E-state index in [2.05, 4.69) is 0 Å². The number of nitrogens with zero attached hydrogens (tertiary/aromatic N) is 1. The van der Waals surface area contributed by atoms with E-state index in [0.29, 0.717) is 5.75 Å². The molecule has 1 aromatic rings. The molecule has 0 aromatic heterocycles. The van der Waals surface area contributed by atoms with Crippen molar-refractivity contribution in [3.05, 3.63) is 12.1 Å². The van der Waals surface area contributed by atoms with E-state index < -0.39 is 10.0 Å². The van der Waals surface area contributed by atoms with Gasteiger partial charge < -0.3 is 14.2 Å². The van der Waals surface area contributed by atoms with Gasteiger partial charge in [0.05, 0.1) is 26.2 Å². The van der Waals surface area contributed by atoms with E-state index >= 15 is 0 Å². The molecule has 1 aromatic carbocycles. The molecule has 0 amide bonds. The van der Waals surface area contributed by atoms with E-state index in [0.717, 1.165) is 0 Å². The van der Waals surface area contributed by atoms with Crippen LogP contribution in [0, 0.1) is 0 Å². The zero-order chi connectivity index (χ0) is 16.3. The maximum atomic E-state index is 12.7. The maximum absolute atomic E-state index is 12.7. The first-order valence-corrected chi connectivity index (χ1v) is 8.20. The molecule has 1 saturated heterocycles. The summed E-state index contributed by atoms with van der Waals surface area (Å²) < 4.78 is 42.2. The van der Waals surface area contributed by atoms with Gasteiger partial charge in [-0.15, -0.1) is 0 Å². The summed E-state index contributed by atoms with van der Waals surface area (Å²) in [6.45, 7) is 0.385. The molecule has 0 aliphatic carbocycles. The molecule has 0 N–H and O–H groups in total. The highest BCUT2D eigenvalue weighted by Gasteiger charge is 2.30. The van der Waals surface area contributed by atoms with Crippen molar-refractivity contribution in [1.29, 1.82) is 0 Å². The molecular weight excluding hydrogens is 310 g/mol. The van der Waals surface area contributed by atoms with Gasteiger partial charge in [-0.3, -0.25) is 4.79 Å². The minimum absolute atomic E-state index is 0.0522. The summed E-state index contributed by atoms with van der Waals surface area (Å²) in [5, 5.41) is 0. The van der Waals surface area contributed by atoms with Crippen molar-refractivity contribution in [2.45, 2.75) is 17.7 Å². The van der Waals surface area contributed by atoms with Crippen LogP contribution in [0.1, 0.15) is 12.8 Å². The second kappa shape index (κ2) is 6.53. The number of sulfonamides is 1. The number of piperidine rings is 1. The number of methoxy groups -OCH3 is 3. The Hall–Kier alpha value is -1.80. The van der Waals surface area contributed by atoms with Gasteiger partial charge in [-0.1, -0.05) is 0 Å².